The van der Waals surface area contributed by atoms with E-state index in [-0.39, 0.29) is 0 Å². The third-order valence-electron chi connectivity index (χ3n) is 9.60. The van der Waals surface area contributed by atoms with Gasteiger partial charge in [-0.3, -0.25) is 9.80 Å². The predicted molar refractivity (Wildman–Crippen MR) is 164 cm³/mol. The molecule has 9 heterocycles. The van der Waals surface area contributed by atoms with Gasteiger partial charge in [0, 0.05) is 80.9 Å². The van der Waals surface area contributed by atoms with Crippen LogP contribution in [0.5, 0.6) is 11.6 Å². The summed E-state index contributed by atoms with van der Waals surface area (Å²) in [6, 6.07) is 13.5. The lowest BCUT2D eigenvalue weighted by molar-refractivity contribution is -0.0409. The molecule has 0 saturated carbocycles. The van der Waals surface area contributed by atoms with Crippen molar-refractivity contribution in [2.45, 2.75) is 50.1 Å². The number of piperazine rings is 1. The smallest absolute Gasteiger partial charge is 0.212 e. The van der Waals surface area contributed by atoms with Crippen molar-refractivity contribution >= 4 is 11.3 Å². The van der Waals surface area contributed by atoms with Crippen LogP contribution in [0.2, 0.25) is 0 Å². The lowest BCUT2D eigenvalue weighted by atomic mass is 9.87. The summed E-state index contributed by atoms with van der Waals surface area (Å²) < 4.78 is 19.2. The van der Waals surface area contributed by atoms with E-state index in [0.29, 0.717) is 42.3 Å². The van der Waals surface area contributed by atoms with Gasteiger partial charge in [-0.25, -0.2) is 14.5 Å². The molecule has 5 saturated heterocycles. The van der Waals surface area contributed by atoms with Crippen molar-refractivity contribution in [2.24, 2.45) is 0 Å². The highest BCUT2D eigenvalue weighted by atomic mass is 16.5. The van der Waals surface area contributed by atoms with Gasteiger partial charge in [0.25, 0.3) is 0 Å². The summed E-state index contributed by atoms with van der Waals surface area (Å²) in [5, 5.41) is 14.3. The molecule has 0 amide bonds. The van der Waals surface area contributed by atoms with Crippen LogP contribution in [0.15, 0.2) is 55.1 Å². The first-order chi connectivity index (χ1) is 21.6. The topological polar surface area (TPSA) is 104 Å². The Labute approximate surface area is 256 Å². The van der Waals surface area contributed by atoms with E-state index >= 15 is 0 Å². The zero-order valence-electron chi connectivity index (χ0n) is 24.9. The number of nitriles is 1. The number of rotatable bonds is 9. The molecule has 4 aromatic heterocycles. The van der Waals surface area contributed by atoms with E-state index in [1.165, 1.54) is 12.0 Å². The summed E-state index contributed by atoms with van der Waals surface area (Å²) in [5.74, 6) is 2.35. The van der Waals surface area contributed by atoms with Crippen molar-refractivity contribution in [3.05, 3.63) is 66.2 Å². The Kier molecular flexibility index (Phi) is 7.05. The Morgan fingerprint density at radius 1 is 1.00 bits per heavy atom. The molecule has 9 rings (SSSR count). The van der Waals surface area contributed by atoms with Crippen molar-refractivity contribution in [3.63, 3.8) is 0 Å². The molecule has 5 aliphatic rings. The van der Waals surface area contributed by atoms with E-state index < -0.39 is 0 Å². The number of ether oxygens (including phenoxy) is 3. The molecule has 4 atom stereocenters. The molecular weight excluding hydrogens is 556 g/mol. The summed E-state index contributed by atoms with van der Waals surface area (Å²) in [4.78, 5) is 16.7. The average Bonchev–Trinajstić information content (AvgIpc) is 3.65. The lowest BCUT2D eigenvalue weighted by Gasteiger charge is -2.56. The molecule has 0 radical (unpaired) electrons. The second-order valence-electron chi connectivity index (χ2n) is 12.4. The first-order valence-corrected chi connectivity index (χ1v) is 15.5. The molecule has 4 bridgehead atoms. The highest BCUT2D eigenvalue weighted by Gasteiger charge is 2.44. The third-order valence-corrected chi connectivity index (χ3v) is 9.60. The zero-order chi connectivity index (χ0) is 29.6. The molecule has 0 aromatic carbocycles. The highest BCUT2D eigenvalue weighted by molar-refractivity contribution is 5.85. The lowest BCUT2D eigenvalue weighted by Crippen LogP contribution is -2.68. The molecule has 0 spiro atoms. The number of hydrogen-bond donors (Lipinski definition) is 0. The number of hydrogen-bond acceptors (Lipinski definition) is 10. The number of aromatic nitrogens is 4. The average molecular weight is 593 g/mol. The van der Waals surface area contributed by atoms with E-state index in [0.717, 1.165) is 80.3 Å². The highest BCUT2D eigenvalue weighted by Crippen LogP contribution is 2.37. The van der Waals surface area contributed by atoms with Crippen LogP contribution < -0.4 is 14.4 Å². The van der Waals surface area contributed by atoms with E-state index in [2.05, 4.69) is 49.1 Å². The number of anilines is 1. The molecule has 44 heavy (non-hydrogen) atoms. The Hall–Kier alpha value is -4.24. The maximum atomic E-state index is 9.79. The monoisotopic (exact) mass is 592 g/mol. The molecular formula is C33H36N8O3. The Bertz CT molecular complexity index is 1660. The first-order valence-electron chi connectivity index (χ1n) is 15.5. The second kappa shape index (κ2) is 11.4. The van der Waals surface area contributed by atoms with Crippen LogP contribution >= 0.6 is 0 Å². The molecule has 11 heteroatoms. The van der Waals surface area contributed by atoms with Gasteiger partial charge >= 0.3 is 0 Å². The van der Waals surface area contributed by atoms with E-state index in [9.17, 15) is 5.26 Å². The van der Waals surface area contributed by atoms with E-state index in [1.807, 2.05) is 30.7 Å². The maximum absolute atomic E-state index is 9.79. The number of methoxy groups -OCH3 is 1. The summed E-state index contributed by atoms with van der Waals surface area (Å²) in [5.41, 5.74) is 4.32. The van der Waals surface area contributed by atoms with Crippen LogP contribution in [0.4, 0.5) is 5.82 Å². The number of fused-ring (bicyclic) bond motifs is 5. The summed E-state index contributed by atoms with van der Waals surface area (Å²) in [6.07, 6.45) is 11.6. The van der Waals surface area contributed by atoms with Crippen LogP contribution in [0, 0.1) is 11.3 Å². The van der Waals surface area contributed by atoms with Gasteiger partial charge in [0.2, 0.25) is 5.88 Å². The molecule has 4 unspecified atom stereocenters. The fraction of sp³-hybridized carbons (Fsp3) is 0.455. The van der Waals surface area contributed by atoms with Gasteiger partial charge in [0.05, 0.1) is 42.8 Å². The van der Waals surface area contributed by atoms with E-state index in [1.54, 1.807) is 17.8 Å². The normalized spacial score (nSPS) is 24.7. The third kappa shape index (κ3) is 5.13. The fourth-order valence-corrected chi connectivity index (χ4v) is 7.35. The van der Waals surface area contributed by atoms with Crippen molar-refractivity contribution < 1.29 is 14.2 Å². The van der Waals surface area contributed by atoms with Crippen LogP contribution in [0.1, 0.15) is 30.4 Å². The van der Waals surface area contributed by atoms with Crippen molar-refractivity contribution in [1.82, 2.24) is 29.4 Å². The van der Waals surface area contributed by atoms with Gasteiger partial charge in [-0.05, 0) is 43.0 Å². The van der Waals surface area contributed by atoms with Crippen LogP contribution in [0.25, 0.3) is 16.6 Å². The molecule has 11 nitrogen and oxygen atoms in total. The largest absolute Gasteiger partial charge is 0.491 e. The number of pyridine rings is 3. The minimum absolute atomic E-state index is 0.368. The van der Waals surface area contributed by atoms with Gasteiger partial charge in [-0.15, -0.1) is 0 Å². The number of morpholine rings is 1. The predicted octanol–water partition coefficient (Wildman–Crippen LogP) is 3.38. The van der Waals surface area contributed by atoms with Gasteiger partial charge < -0.3 is 19.1 Å². The van der Waals surface area contributed by atoms with Crippen molar-refractivity contribution in [3.8, 4) is 28.8 Å². The van der Waals surface area contributed by atoms with Gasteiger partial charge in [-0.2, -0.15) is 10.4 Å². The fourth-order valence-electron chi connectivity index (χ4n) is 7.35. The molecule has 5 fully saturated rings. The maximum Gasteiger partial charge on any atom is 0.212 e. The molecule has 5 aliphatic heterocycles. The quantitative estimate of drug-likeness (QED) is 0.287. The minimum atomic E-state index is 0.368. The molecule has 0 aliphatic carbocycles. The summed E-state index contributed by atoms with van der Waals surface area (Å²) >= 11 is 0. The Morgan fingerprint density at radius 2 is 1.84 bits per heavy atom. The van der Waals surface area contributed by atoms with Crippen LogP contribution in [-0.2, 0) is 11.3 Å². The van der Waals surface area contributed by atoms with E-state index in [4.69, 9.17) is 19.2 Å². The number of piperidine rings is 1. The molecule has 0 N–H and O–H groups in total. The van der Waals surface area contributed by atoms with Crippen molar-refractivity contribution in [2.75, 3.05) is 51.3 Å². The van der Waals surface area contributed by atoms with Gasteiger partial charge in [0.1, 0.15) is 24.2 Å². The Balaban J connectivity index is 0.954. The summed E-state index contributed by atoms with van der Waals surface area (Å²) in [6.45, 7) is 6.19. The number of likely N-dealkylation sites (tertiary alicyclic amines) is 1. The SMILES string of the molecule is COc1ccc(CN2C3CC2CN(c2ccc(-c4cc(OCCN5CC6CCC(C5)O6)cn5ncc(C#N)c45)cn2)C3)cn1. The van der Waals surface area contributed by atoms with Crippen LogP contribution in [0.3, 0.4) is 0 Å². The molecule has 4 aromatic rings. The van der Waals surface area contributed by atoms with Crippen LogP contribution in [-0.4, -0.2) is 100 Å². The Morgan fingerprint density at radius 3 is 2.55 bits per heavy atom. The first kappa shape index (κ1) is 27.3. The van der Waals surface area contributed by atoms with Gasteiger partial charge in [0.15, 0.2) is 0 Å². The van der Waals surface area contributed by atoms with Crippen molar-refractivity contribution in [1.29, 1.82) is 5.26 Å². The number of nitrogens with zero attached hydrogens (tertiary/aromatic N) is 8. The summed E-state index contributed by atoms with van der Waals surface area (Å²) in [7, 11) is 1.64. The zero-order valence-corrected chi connectivity index (χ0v) is 24.9. The standard InChI is InChI=1S/C33H36N8O3/c1-42-32-7-2-22(13-36-32)16-40-25-10-26(40)18-39(17-25)31-6-3-23(14-35-31)30-11-29(21-41-33(30)24(12-34)15-37-41)43-9-8-38-19-27-4-5-28(20-38)44-27/h2-3,6-7,11,13-15,21,25-28H,4-5,8-10,16-20H2,1H3. The van der Waals surface area contributed by atoms with Gasteiger partial charge in [-0.1, -0.05) is 6.07 Å². The minimum Gasteiger partial charge on any atom is -0.491 e. The second-order valence-corrected chi connectivity index (χ2v) is 12.4. The molecule has 226 valence electrons.